The van der Waals surface area contributed by atoms with Crippen LogP contribution in [0.15, 0.2) is 11.9 Å². The number of hydrogen-bond donors (Lipinski definition) is 2. The zero-order valence-corrected chi connectivity index (χ0v) is 6.70. The lowest BCUT2D eigenvalue weighted by Crippen LogP contribution is -2.24. The van der Waals surface area contributed by atoms with Crippen molar-refractivity contribution in [2.45, 2.75) is 6.92 Å². The van der Waals surface area contributed by atoms with Gasteiger partial charge in [-0.25, -0.2) is 10.6 Å². The maximum atomic E-state index is 10.8. The van der Waals surface area contributed by atoms with Crippen LogP contribution in [0.3, 0.4) is 0 Å². The molecule has 4 N–H and O–H groups in total. The van der Waals surface area contributed by atoms with Gasteiger partial charge in [0.1, 0.15) is 5.70 Å². The van der Waals surface area contributed by atoms with Gasteiger partial charge in [-0.05, 0) is 6.92 Å². The zero-order chi connectivity index (χ0) is 8.85. The summed E-state index contributed by atoms with van der Waals surface area (Å²) in [5, 5.41) is 1.19. The van der Waals surface area contributed by atoms with Gasteiger partial charge in [0, 0.05) is 13.2 Å². The van der Waals surface area contributed by atoms with Crippen molar-refractivity contribution in [1.29, 1.82) is 0 Å². The minimum Gasteiger partial charge on any atom is -0.461 e. The summed E-state index contributed by atoms with van der Waals surface area (Å²) < 4.78 is 4.59. The lowest BCUT2D eigenvalue weighted by atomic mass is 10.5. The Morgan fingerprint density at radius 1 is 1.73 bits per heavy atom. The zero-order valence-electron chi connectivity index (χ0n) is 6.70. The Balaban J connectivity index is 4.01. The molecule has 0 aliphatic heterocycles. The van der Waals surface area contributed by atoms with Gasteiger partial charge in [-0.3, -0.25) is 0 Å². The predicted octanol–water partition coefficient (Wildman–Crippen LogP) is -0.845. The molecule has 0 amide bonds. The van der Waals surface area contributed by atoms with E-state index < -0.39 is 5.97 Å². The molecule has 0 atom stereocenters. The Morgan fingerprint density at radius 3 is 2.64 bits per heavy atom. The van der Waals surface area contributed by atoms with Crippen LogP contribution in [-0.4, -0.2) is 24.6 Å². The number of hydrogen-bond acceptors (Lipinski definition) is 5. The topological polar surface area (TPSA) is 81.6 Å². The van der Waals surface area contributed by atoms with Gasteiger partial charge in [-0.1, -0.05) is 0 Å². The molecular formula is C6H13N3O2. The van der Waals surface area contributed by atoms with E-state index >= 15 is 0 Å². The van der Waals surface area contributed by atoms with Crippen LogP contribution in [0.2, 0.25) is 0 Å². The molecule has 0 heterocycles. The second-order valence-corrected chi connectivity index (χ2v) is 1.97. The van der Waals surface area contributed by atoms with Crippen molar-refractivity contribution in [2.24, 2.45) is 11.6 Å². The smallest absolute Gasteiger partial charge is 0.355 e. The van der Waals surface area contributed by atoms with Crippen molar-refractivity contribution in [2.75, 3.05) is 13.7 Å². The number of esters is 1. The molecule has 0 unspecified atom stereocenters. The van der Waals surface area contributed by atoms with Crippen LogP contribution in [0.25, 0.3) is 0 Å². The number of nitrogens with zero attached hydrogens (tertiary/aromatic N) is 1. The molecule has 0 aromatic heterocycles. The Hall–Kier alpha value is -1.23. The van der Waals surface area contributed by atoms with Crippen LogP contribution in [0, 0.1) is 0 Å². The van der Waals surface area contributed by atoms with E-state index in [0.29, 0.717) is 6.61 Å². The van der Waals surface area contributed by atoms with Crippen LogP contribution < -0.4 is 11.6 Å². The van der Waals surface area contributed by atoms with Gasteiger partial charge < -0.3 is 15.5 Å². The molecule has 0 spiro atoms. The Bertz CT molecular complexity index is 165. The Kier molecular flexibility index (Phi) is 4.05. The summed E-state index contributed by atoms with van der Waals surface area (Å²) in [7, 11) is 1.56. The standard InChI is InChI=1S/C6H13N3O2/c1-3-11-6(10)5(7)4-9(2)8/h4H,3,7-8H2,1-2H3/b5-4-. The molecule has 64 valence electrons. The number of rotatable bonds is 3. The summed E-state index contributed by atoms with van der Waals surface area (Å²) >= 11 is 0. The summed E-state index contributed by atoms with van der Waals surface area (Å²) in [6.07, 6.45) is 1.29. The summed E-state index contributed by atoms with van der Waals surface area (Å²) in [5.41, 5.74) is 5.27. The third kappa shape index (κ3) is 4.21. The fourth-order valence-corrected chi connectivity index (χ4v) is 0.487. The van der Waals surface area contributed by atoms with Crippen molar-refractivity contribution in [3.05, 3.63) is 11.9 Å². The average molecular weight is 159 g/mol. The van der Waals surface area contributed by atoms with Crippen LogP contribution in [0.5, 0.6) is 0 Å². The van der Waals surface area contributed by atoms with Crippen LogP contribution in [-0.2, 0) is 9.53 Å². The Morgan fingerprint density at radius 2 is 2.27 bits per heavy atom. The highest BCUT2D eigenvalue weighted by Crippen LogP contribution is 1.89. The summed E-state index contributed by atoms with van der Waals surface area (Å²) in [6.45, 7) is 2.01. The monoisotopic (exact) mass is 159 g/mol. The summed E-state index contributed by atoms with van der Waals surface area (Å²) in [6, 6.07) is 0. The molecule has 5 heteroatoms. The molecule has 11 heavy (non-hydrogen) atoms. The molecule has 0 aliphatic rings. The lowest BCUT2D eigenvalue weighted by Gasteiger charge is -2.06. The van der Waals surface area contributed by atoms with Gasteiger partial charge in [0.05, 0.1) is 6.61 Å². The molecule has 0 aromatic rings. The molecular weight excluding hydrogens is 146 g/mol. The van der Waals surface area contributed by atoms with Gasteiger partial charge >= 0.3 is 5.97 Å². The first kappa shape index (κ1) is 9.77. The fraction of sp³-hybridized carbons (Fsp3) is 0.500. The van der Waals surface area contributed by atoms with Crippen LogP contribution in [0.4, 0.5) is 0 Å². The molecule has 0 saturated heterocycles. The number of nitrogens with two attached hydrogens (primary N) is 2. The minimum absolute atomic E-state index is 0.00292. The molecule has 0 fully saturated rings. The van der Waals surface area contributed by atoms with E-state index in [9.17, 15) is 4.79 Å². The fourth-order valence-electron chi connectivity index (χ4n) is 0.487. The summed E-state index contributed by atoms with van der Waals surface area (Å²) in [4.78, 5) is 10.8. The molecule has 0 bridgehead atoms. The maximum Gasteiger partial charge on any atom is 0.355 e. The number of carbonyl (C=O) groups excluding carboxylic acids is 1. The van der Waals surface area contributed by atoms with Crippen LogP contribution >= 0.6 is 0 Å². The van der Waals surface area contributed by atoms with Crippen molar-refractivity contribution < 1.29 is 9.53 Å². The first-order valence-electron chi connectivity index (χ1n) is 3.19. The molecule has 0 rings (SSSR count). The van der Waals surface area contributed by atoms with Gasteiger partial charge in [0.15, 0.2) is 0 Å². The second kappa shape index (κ2) is 4.56. The molecule has 0 radical (unpaired) electrons. The number of carbonyl (C=O) groups is 1. The van der Waals surface area contributed by atoms with Crippen molar-refractivity contribution >= 4 is 5.97 Å². The molecule has 0 aromatic carbocycles. The average Bonchev–Trinajstić information content (AvgIpc) is 1.86. The first-order chi connectivity index (χ1) is 5.07. The predicted molar refractivity (Wildman–Crippen MR) is 40.9 cm³/mol. The normalized spacial score (nSPS) is 11.0. The van der Waals surface area contributed by atoms with Crippen molar-refractivity contribution in [3.8, 4) is 0 Å². The van der Waals surface area contributed by atoms with Gasteiger partial charge in [-0.2, -0.15) is 0 Å². The molecule has 0 saturated carbocycles. The van der Waals surface area contributed by atoms with E-state index in [2.05, 4.69) is 4.74 Å². The second-order valence-electron chi connectivity index (χ2n) is 1.97. The van der Waals surface area contributed by atoms with E-state index in [4.69, 9.17) is 11.6 Å². The highest BCUT2D eigenvalue weighted by molar-refractivity contribution is 5.87. The van der Waals surface area contributed by atoms with Crippen LogP contribution in [0.1, 0.15) is 6.92 Å². The third-order valence-electron chi connectivity index (χ3n) is 0.854. The van der Waals surface area contributed by atoms with Gasteiger partial charge in [0.25, 0.3) is 0 Å². The number of ether oxygens (including phenoxy) is 1. The van der Waals surface area contributed by atoms with E-state index in [1.54, 1.807) is 14.0 Å². The summed E-state index contributed by atoms with van der Waals surface area (Å²) in [5.74, 6) is 4.65. The molecule has 5 nitrogen and oxygen atoms in total. The largest absolute Gasteiger partial charge is 0.461 e. The first-order valence-corrected chi connectivity index (χ1v) is 3.19. The third-order valence-corrected chi connectivity index (χ3v) is 0.854. The Labute approximate surface area is 65.6 Å². The maximum absolute atomic E-state index is 10.8. The van der Waals surface area contributed by atoms with Crippen molar-refractivity contribution in [3.63, 3.8) is 0 Å². The molecule has 0 aliphatic carbocycles. The quantitative estimate of drug-likeness (QED) is 0.243. The van der Waals surface area contributed by atoms with E-state index in [0.717, 1.165) is 0 Å². The highest BCUT2D eigenvalue weighted by atomic mass is 16.5. The SMILES string of the molecule is CCOC(=O)/C(N)=C/N(C)N. The van der Waals surface area contributed by atoms with E-state index in [1.165, 1.54) is 11.2 Å². The number of hydrazine groups is 1. The van der Waals surface area contributed by atoms with Gasteiger partial charge in [-0.15, -0.1) is 0 Å². The van der Waals surface area contributed by atoms with E-state index in [1.807, 2.05) is 0 Å². The minimum atomic E-state index is -0.551. The van der Waals surface area contributed by atoms with Gasteiger partial charge in [0.2, 0.25) is 0 Å². The van der Waals surface area contributed by atoms with Crippen molar-refractivity contribution in [1.82, 2.24) is 5.01 Å². The van der Waals surface area contributed by atoms with E-state index in [-0.39, 0.29) is 5.70 Å². The highest BCUT2D eigenvalue weighted by Gasteiger charge is 2.04. The lowest BCUT2D eigenvalue weighted by molar-refractivity contribution is -0.138.